The van der Waals surface area contributed by atoms with E-state index in [-0.39, 0.29) is 0 Å². The third-order valence-electron chi connectivity index (χ3n) is 1.12. The van der Waals surface area contributed by atoms with Crippen molar-refractivity contribution >= 4 is 12.2 Å². The molecule has 0 saturated carbocycles. The number of hydrogen-bond donors (Lipinski definition) is 0. The molecule has 1 fully saturated rings. The standard InChI is InChI=1S/C4H4N2O3/c7-4-8-3-5-1-2-6(3)9-4/h1-2H2. The Morgan fingerprint density at radius 1 is 1.67 bits per heavy atom. The zero-order chi connectivity index (χ0) is 6.27. The molecule has 0 aromatic heterocycles. The average Bonchev–Trinajstić information content (AvgIpc) is 2.22. The molecule has 48 valence electrons. The summed E-state index contributed by atoms with van der Waals surface area (Å²) in [4.78, 5) is 18.6. The molecule has 0 amide bonds. The molecule has 9 heavy (non-hydrogen) atoms. The van der Waals surface area contributed by atoms with Gasteiger partial charge in [-0.2, -0.15) is 0 Å². The van der Waals surface area contributed by atoms with Crippen molar-refractivity contribution in [3.05, 3.63) is 0 Å². The minimum absolute atomic E-state index is 0.292. The quantitative estimate of drug-likeness (QED) is 0.422. The predicted octanol–water partition coefficient (Wildman–Crippen LogP) is -0.260. The molecule has 0 spiro atoms. The van der Waals surface area contributed by atoms with E-state index in [9.17, 15) is 4.79 Å². The van der Waals surface area contributed by atoms with Crippen molar-refractivity contribution in [2.45, 2.75) is 0 Å². The normalized spacial score (nSPS) is 22.9. The molecule has 2 rings (SSSR count). The molecule has 0 bridgehead atoms. The maximum atomic E-state index is 10.3. The molecule has 5 nitrogen and oxygen atoms in total. The van der Waals surface area contributed by atoms with Gasteiger partial charge in [-0.25, -0.2) is 9.79 Å². The molecule has 0 atom stereocenters. The first-order valence-corrected chi connectivity index (χ1v) is 2.58. The molecule has 0 aromatic rings. The summed E-state index contributed by atoms with van der Waals surface area (Å²) in [6.07, 6.45) is -0.687. The molecule has 0 aromatic carbocycles. The summed E-state index contributed by atoms with van der Waals surface area (Å²) in [7, 11) is 0. The number of carbonyl (C=O) groups excluding carboxylic acids is 1. The van der Waals surface area contributed by atoms with Crippen LogP contribution in [-0.2, 0) is 9.57 Å². The van der Waals surface area contributed by atoms with Gasteiger partial charge >= 0.3 is 12.2 Å². The SMILES string of the molecule is O=C1OC2=NCCN2O1. The van der Waals surface area contributed by atoms with Gasteiger partial charge in [0.1, 0.15) is 0 Å². The van der Waals surface area contributed by atoms with E-state index in [2.05, 4.69) is 14.6 Å². The fourth-order valence-corrected chi connectivity index (χ4v) is 0.762. The Hall–Kier alpha value is -1.26. The minimum atomic E-state index is -0.687. The van der Waals surface area contributed by atoms with Crippen LogP contribution in [0.4, 0.5) is 4.79 Å². The van der Waals surface area contributed by atoms with Gasteiger partial charge in [-0.1, -0.05) is 0 Å². The summed E-state index contributed by atoms with van der Waals surface area (Å²) in [5.41, 5.74) is 0. The van der Waals surface area contributed by atoms with E-state index < -0.39 is 6.16 Å². The zero-order valence-electron chi connectivity index (χ0n) is 4.53. The van der Waals surface area contributed by atoms with Crippen LogP contribution in [0.5, 0.6) is 0 Å². The number of nitrogens with zero attached hydrogens (tertiary/aromatic N) is 2. The van der Waals surface area contributed by atoms with Gasteiger partial charge < -0.3 is 9.57 Å². The lowest BCUT2D eigenvalue weighted by Crippen LogP contribution is -2.19. The third-order valence-corrected chi connectivity index (χ3v) is 1.12. The van der Waals surface area contributed by atoms with Crippen LogP contribution in [0.25, 0.3) is 0 Å². The second-order valence-corrected chi connectivity index (χ2v) is 1.71. The first-order valence-electron chi connectivity index (χ1n) is 2.58. The average molecular weight is 128 g/mol. The number of fused-ring (bicyclic) bond motifs is 1. The highest BCUT2D eigenvalue weighted by Crippen LogP contribution is 2.11. The van der Waals surface area contributed by atoms with Crippen LogP contribution < -0.4 is 0 Å². The monoisotopic (exact) mass is 128 g/mol. The molecule has 0 radical (unpaired) electrons. The topological polar surface area (TPSA) is 51.1 Å². The summed E-state index contributed by atoms with van der Waals surface area (Å²) in [6.45, 7) is 1.25. The summed E-state index contributed by atoms with van der Waals surface area (Å²) in [5, 5.41) is 1.34. The molecule has 5 heteroatoms. The smallest absolute Gasteiger partial charge is 0.356 e. The maximum absolute atomic E-state index is 10.3. The second kappa shape index (κ2) is 1.37. The fourth-order valence-electron chi connectivity index (χ4n) is 0.762. The molecule has 1 saturated heterocycles. The van der Waals surface area contributed by atoms with Crippen molar-refractivity contribution in [3.63, 3.8) is 0 Å². The van der Waals surface area contributed by atoms with Gasteiger partial charge in [0, 0.05) is 0 Å². The first-order chi connectivity index (χ1) is 4.36. The molecular weight excluding hydrogens is 124 g/mol. The van der Waals surface area contributed by atoms with E-state index in [4.69, 9.17) is 0 Å². The zero-order valence-corrected chi connectivity index (χ0v) is 4.53. The Bertz CT molecular complexity index is 188. The summed E-state index contributed by atoms with van der Waals surface area (Å²) >= 11 is 0. The van der Waals surface area contributed by atoms with Crippen LogP contribution in [-0.4, -0.2) is 30.3 Å². The lowest BCUT2D eigenvalue weighted by molar-refractivity contribution is -0.00913. The van der Waals surface area contributed by atoms with Gasteiger partial charge in [0.2, 0.25) is 0 Å². The molecule has 2 heterocycles. The van der Waals surface area contributed by atoms with Crippen LogP contribution in [0.2, 0.25) is 0 Å². The lowest BCUT2D eigenvalue weighted by Gasteiger charge is -2.00. The minimum Gasteiger partial charge on any atom is -0.356 e. The van der Waals surface area contributed by atoms with Crippen molar-refractivity contribution in [2.24, 2.45) is 4.99 Å². The Morgan fingerprint density at radius 3 is 3.33 bits per heavy atom. The van der Waals surface area contributed by atoms with Crippen molar-refractivity contribution in [1.82, 2.24) is 5.06 Å². The molecule has 2 aliphatic rings. The van der Waals surface area contributed by atoms with Crippen LogP contribution in [0.15, 0.2) is 4.99 Å². The highest BCUT2D eigenvalue weighted by atomic mass is 16.9. The summed E-state index contributed by atoms with van der Waals surface area (Å²) < 4.78 is 4.50. The number of hydroxylamine groups is 2. The molecule has 0 N–H and O–H groups in total. The Morgan fingerprint density at radius 2 is 2.56 bits per heavy atom. The number of hydrogen-bond acceptors (Lipinski definition) is 5. The van der Waals surface area contributed by atoms with Gasteiger partial charge in [-0.3, -0.25) is 0 Å². The Kier molecular flexibility index (Phi) is 0.700. The van der Waals surface area contributed by atoms with Crippen molar-refractivity contribution in [3.8, 4) is 0 Å². The number of amidine groups is 1. The summed E-state index contributed by atoms with van der Waals surface area (Å²) in [6, 6.07) is 0.292. The predicted molar refractivity (Wildman–Crippen MR) is 26.6 cm³/mol. The van der Waals surface area contributed by atoms with E-state index in [1.54, 1.807) is 0 Å². The summed E-state index contributed by atoms with van der Waals surface area (Å²) in [5.74, 6) is 0. The van der Waals surface area contributed by atoms with E-state index in [0.29, 0.717) is 19.1 Å². The number of aliphatic imine (C=N–C) groups is 1. The van der Waals surface area contributed by atoms with Gasteiger partial charge in [-0.05, 0) is 0 Å². The molecule has 0 aliphatic carbocycles. The van der Waals surface area contributed by atoms with Crippen LogP contribution >= 0.6 is 0 Å². The second-order valence-electron chi connectivity index (χ2n) is 1.71. The van der Waals surface area contributed by atoms with Crippen LogP contribution in [0, 0.1) is 0 Å². The van der Waals surface area contributed by atoms with Crippen molar-refractivity contribution < 1.29 is 14.4 Å². The Labute approximate surface area is 50.8 Å². The van der Waals surface area contributed by atoms with Gasteiger partial charge in [0.25, 0.3) is 0 Å². The van der Waals surface area contributed by atoms with Gasteiger partial charge in [0.05, 0.1) is 13.1 Å². The highest BCUT2D eigenvalue weighted by Gasteiger charge is 2.33. The lowest BCUT2D eigenvalue weighted by atomic mass is 10.7. The van der Waals surface area contributed by atoms with Crippen molar-refractivity contribution in [2.75, 3.05) is 13.1 Å². The Balaban J connectivity index is 2.24. The number of rotatable bonds is 0. The van der Waals surface area contributed by atoms with E-state index in [1.807, 2.05) is 0 Å². The fraction of sp³-hybridized carbons (Fsp3) is 0.500. The van der Waals surface area contributed by atoms with E-state index in [1.165, 1.54) is 5.06 Å². The number of carbonyl (C=O) groups is 1. The third kappa shape index (κ3) is 0.540. The van der Waals surface area contributed by atoms with Gasteiger partial charge in [-0.15, -0.1) is 5.06 Å². The molecule has 0 unspecified atom stereocenters. The van der Waals surface area contributed by atoms with Crippen molar-refractivity contribution in [1.29, 1.82) is 0 Å². The maximum Gasteiger partial charge on any atom is 0.541 e. The van der Waals surface area contributed by atoms with Crippen LogP contribution in [0.1, 0.15) is 0 Å². The highest BCUT2D eigenvalue weighted by molar-refractivity contribution is 5.89. The number of ether oxygens (including phenoxy) is 1. The van der Waals surface area contributed by atoms with E-state index in [0.717, 1.165) is 0 Å². The first kappa shape index (κ1) is 4.60. The van der Waals surface area contributed by atoms with E-state index >= 15 is 0 Å². The molecular formula is C4H4N2O3. The largest absolute Gasteiger partial charge is 0.541 e. The molecule has 2 aliphatic heterocycles. The van der Waals surface area contributed by atoms with Gasteiger partial charge in [0.15, 0.2) is 0 Å². The van der Waals surface area contributed by atoms with Crippen LogP contribution in [0.3, 0.4) is 0 Å².